The zero-order valence-electron chi connectivity index (χ0n) is 13.2. The summed E-state index contributed by atoms with van der Waals surface area (Å²) in [7, 11) is -1.04. The topological polar surface area (TPSA) is 17.1 Å². The van der Waals surface area contributed by atoms with Crippen LogP contribution in [0.4, 0.5) is 0 Å². The average Bonchev–Trinajstić information content (AvgIpc) is 2.67. The Balaban J connectivity index is 2.28. The van der Waals surface area contributed by atoms with Crippen LogP contribution in [0, 0.1) is 11.8 Å². The van der Waals surface area contributed by atoms with E-state index in [1.165, 1.54) is 11.6 Å². The molecule has 1 aliphatic carbocycles. The molecule has 0 bridgehead atoms. The Morgan fingerprint density at radius 3 is 2.68 bits per heavy atom. The highest BCUT2D eigenvalue weighted by molar-refractivity contribution is 6.76. The second-order valence-electron chi connectivity index (χ2n) is 7.36. The van der Waals surface area contributed by atoms with E-state index >= 15 is 0 Å². The molecule has 19 heavy (non-hydrogen) atoms. The molecule has 0 heterocycles. The van der Waals surface area contributed by atoms with Gasteiger partial charge in [0.25, 0.3) is 0 Å². The van der Waals surface area contributed by atoms with E-state index < -0.39 is 8.07 Å². The van der Waals surface area contributed by atoms with Gasteiger partial charge >= 0.3 is 0 Å². The Hall–Kier alpha value is -0.633. The van der Waals surface area contributed by atoms with Gasteiger partial charge in [-0.15, -0.1) is 0 Å². The monoisotopic (exact) mass is 278 g/mol. The van der Waals surface area contributed by atoms with E-state index in [1.54, 1.807) is 0 Å². The minimum absolute atomic E-state index is 0.362. The summed E-state index contributed by atoms with van der Waals surface area (Å²) in [6.07, 6.45) is 9.75. The molecule has 0 saturated heterocycles. The van der Waals surface area contributed by atoms with Crippen LogP contribution >= 0.6 is 0 Å². The van der Waals surface area contributed by atoms with Crippen LogP contribution in [0.5, 0.6) is 0 Å². The predicted molar refractivity (Wildman–Crippen MR) is 87.2 cm³/mol. The molecular weight excluding hydrogens is 248 g/mol. The molecule has 1 aliphatic rings. The molecule has 2 heteroatoms. The van der Waals surface area contributed by atoms with Gasteiger partial charge in [-0.2, -0.15) is 0 Å². The SMILES string of the molecule is C=C(/C=C/[C@H](C)CCC1CCCC1=O)C[Si](C)(C)C. The van der Waals surface area contributed by atoms with E-state index in [-0.39, 0.29) is 0 Å². The fourth-order valence-electron chi connectivity index (χ4n) is 2.79. The smallest absolute Gasteiger partial charge is 0.135 e. The van der Waals surface area contributed by atoms with E-state index in [0.717, 1.165) is 32.1 Å². The summed E-state index contributed by atoms with van der Waals surface area (Å²) >= 11 is 0. The molecular formula is C17H30OSi. The van der Waals surface area contributed by atoms with Gasteiger partial charge in [-0.25, -0.2) is 0 Å². The summed E-state index contributed by atoms with van der Waals surface area (Å²) < 4.78 is 0. The molecule has 1 nitrogen and oxygen atoms in total. The zero-order valence-corrected chi connectivity index (χ0v) is 14.2. The molecule has 0 aromatic carbocycles. The number of carbonyl (C=O) groups is 1. The molecule has 0 spiro atoms. The van der Waals surface area contributed by atoms with Crippen LogP contribution in [-0.2, 0) is 4.79 Å². The lowest BCUT2D eigenvalue weighted by atomic mass is 9.94. The molecule has 1 unspecified atom stereocenters. The first-order valence-electron chi connectivity index (χ1n) is 7.66. The maximum atomic E-state index is 11.6. The van der Waals surface area contributed by atoms with Crippen LogP contribution in [-0.4, -0.2) is 13.9 Å². The Morgan fingerprint density at radius 2 is 2.16 bits per heavy atom. The highest BCUT2D eigenvalue weighted by Crippen LogP contribution is 2.27. The molecule has 108 valence electrons. The molecule has 1 fully saturated rings. The van der Waals surface area contributed by atoms with Crippen LogP contribution in [0.25, 0.3) is 0 Å². The molecule has 1 saturated carbocycles. The van der Waals surface area contributed by atoms with Crippen molar-refractivity contribution < 1.29 is 4.79 Å². The fourth-order valence-corrected chi connectivity index (χ4v) is 4.27. The normalized spacial score (nSPS) is 22.1. The standard InChI is InChI=1S/C17H30OSi/c1-14(9-10-15(2)13-19(3,4)5)11-12-16-7-6-8-17(16)18/h9-10,14,16H,2,6-8,11-13H2,1,3-5H3/b10-9+/t14-,16?/m0/s1. The zero-order chi connectivity index (χ0) is 14.5. The maximum absolute atomic E-state index is 11.6. The summed E-state index contributed by atoms with van der Waals surface area (Å²) in [6, 6.07) is 1.18. The highest BCUT2D eigenvalue weighted by Gasteiger charge is 2.23. The van der Waals surface area contributed by atoms with Gasteiger partial charge in [0.05, 0.1) is 0 Å². The van der Waals surface area contributed by atoms with Crippen LogP contribution < -0.4 is 0 Å². The van der Waals surface area contributed by atoms with Crippen molar-refractivity contribution in [2.24, 2.45) is 11.8 Å². The quantitative estimate of drug-likeness (QED) is 0.461. The summed E-state index contributed by atoms with van der Waals surface area (Å²) in [5.41, 5.74) is 1.27. The van der Waals surface area contributed by atoms with E-state index in [4.69, 9.17) is 0 Å². The van der Waals surface area contributed by atoms with Gasteiger partial charge in [0, 0.05) is 20.4 Å². The second-order valence-corrected chi connectivity index (χ2v) is 12.8. The van der Waals surface area contributed by atoms with Crippen molar-refractivity contribution in [2.75, 3.05) is 0 Å². The van der Waals surface area contributed by atoms with Crippen molar-refractivity contribution in [2.45, 2.75) is 64.7 Å². The van der Waals surface area contributed by atoms with Crippen molar-refractivity contribution >= 4 is 13.9 Å². The van der Waals surface area contributed by atoms with E-state index in [1.807, 2.05) is 0 Å². The van der Waals surface area contributed by atoms with Gasteiger partial charge in [0.15, 0.2) is 0 Å². The third-order valence-corrected chi connectivity index (χ3v) is 5.33. The molecule has 0 N–H and O–H groups in total. The molecule has 2 atom stereocenters. The van der Waals surface area contributed by atoms with Gasteiger partial charge in [-0.3, -0.25) is 4.79 Å². The lowest BCUT2D eigenvalue weighted by Gasteiger charge is -2.16. The summed E-state index contributed by atoms with van der Waals surface area (Å²) in [4.78, 5) is 11.6. The fraction of sp³-hybridized carbons (Fsp3) is 0.706. The Morgan fingerprint density at radius 1 is 1.47 bits per heavy atom. The molecule has 0 aromatic rings. The molecule has 0 aliphatic heterocycles. The number of ketones is 1. The maximum Gasteiger partial charge on any atom is 0.135 e. The third-order valence-electron chi connectivity index (χ3n) is 3.82. The van der Waals surface area contributed by atoms with Crippen molar-refractivity contribution in [1.82, 2.24) is 0 Å². The van der Waals surface area contributed by atoms with E-state index in [2.05, 4.69) is 45.3 Å². The Bertz CT molecular complexity index is 349. The first kappa shape index (κ1) is 16.4. The van der Waals surface area contributed by atoms with Gasteiger partial charge in [0.1, 0.15) is 5.78 Å². The lowest BCUT2D eigenvalue weighted by Crippen LogP contribution is -2.19. The second kappa shape index (κ2) is 7.23. The Labute approximate surface area is 120 Å². The van der Waals surface area contributed by atoms with E-state index in [9.17, 15) is 4.79 Å². The van der Waals surface area contributed by atoms with Gasteiger partial charge in [-0.1, -0.05) is 50.9 Å². The minimum Gasteiger partial charge on any atom is -0.299 e. The average molecular weight is 279 g/mol. The summed E-state index contributed by atoms with van der Waals surface area (Å²) in [5, 5.41) is 0. The van der Waals surface area contributed by atoms with Crippen LogP contribution in [0.1, 0.15) is 39.0 Å². The van der Waals surface area contributed by atoms with Gasteiger partial charge in [0.2, 0.25) is 0 Å². The van der Waals surface area contributed by atoms with Crippen LogP contribution in [0.2, 0.25) is 25.7 Å². The number of hydrogen-bond acceptors (Lipinski definition) is 1. The van der Waals surface area contributed by atoms with Gasteiger partial charge < -0.3 is 0 Å². The molecule has 0 aromatic heterocycles. The predicted octanol–water partition coefficient (Wildman–Crippen LogP) is 5.22. The minimum atomic E-state index is -1.04. The lowest BCUT2D eigenvalue weighted by molar-refractivity contribution is -0.120. The van der Waals surface area contributed by atoms with Crippen molar-refractivity contribution in [1.29, 1.82) is 0 Å². The molecule has 1 rings (SSSR count). The van der Waals surface area contributed by atoms with Crippen molar-refractivity contribution in [3.8, 4) is 0 Å². The number of Topliss-reactive ketones (excluding diaryl/α,β-unsaturated/α-hetero) is 1. The first-order valence-corrected chi connectivity index (χ1v) is 11.4. The molecule has 0 radical (unpaired) electrons. The number of rotatable bonds is 7. The van der Waals surface area contributed by atoms with E-state index in [0.29, 0.717) is 17.6 Å². The van der Waals surface area contributed by atoms with Crippen molar-refractivity contribution in [3.63, 3.8) is 0 Å². The number of carbonyl (C=O) groups excluding carboxylic acids is 1. The number of allylic oxidation sites excluding steroid dienone is 3. The Kier molecular flexibility index (Phi) is 6.25. The van der Waals surface area contributed by atoms with Crippen LogP contribution in [0.15, 0.2) is 24.3 Å². The first-order chi connectivity index (χ1) is 8.78. The highest BCUT2D eigenvalue weighted by atomic mass is 28.3. The van der Waals surface area contributed by atoms with Crippen LogP contribution in [0.3, 0.4) is 0 Å². The largest absolute Gasteiger partial charge is 0.299 e. The molecule has 0 amide bonds. The summed E-state index contributed by atoms with van der Waals surface area (Å²) in [5.74, 6) is 1.42. The summed E-state index contributed by atoms with van der Waals surface area (Å²) in [6.45, 7) is 13.5. The number of hydrogen-bond donors (Lipinski definition) is 0. The van der Waals surface area contributed by atoms with Gasteiger partial charge in [-0.05, 0) is 37.6 Å². The van der Waals surface area contributed by atoms with Crippen molar-refractivity contribution in [3.05, 3.63) is 24.3 Å². The third kappa shape index (κ3) is 6.91.